The fourth-order valence-electron chi connectivity index (χ4n) is 1.37. The Bertz CT molecular complexity index is 512. The molecule has 7 heteroatoms. The molecule has 0 saturated carbocycles. The third-order valence-corrected chi connectivity index (χ3v) is 6.40. The molecule has 2 nitrogen and oxygen atoms in total. The molecule has 20 heavy (non-hydrogen) atoms. The van der Waals surface area contributed by atoms with Gasteiger partial charge in [0.05, 0.1) is 0 Å². The van der Waals surface area contributed by atoms with Crippen LogP contribution in [0, 0.1) is 5.82 Å². The number of allylic oxidation sites excluding steroid dienone is 1. The minimum absolute atomic E-state index is 0.0192. The summed E-state index contributed by atoms with van der Waals surface area (Å²) in [6.45, 7) is 1.43. The van der Waals surface area contributed by atoms with Crippen molar-refractivity contribution in [1.29, 1.82) is 0 Å². The Morgan fingerprint density at radius 2 is 2.05 bits per heavy atom. The third-order valence-electron chi connectivity index (χ3n) is 2.34. The van der Waals surface area contributed by atoms with Crippen LogP contribution in [-0.4, -0.2) is 15.3 Å². The van der Waals surface area contributed by atoms with Crippen LogP contribution in [0.1, 0.15) is 18.1 Å². The maximum atomic E-state index is 13.5. The molecule has 0 bridgehead atoms. The van der Waals surface area contributed by atoms with Crippen LogP contribution in [0.15, 0.2) is 24.3 Å². The van der Waals surface area contributed by atoms with E-state index in [1.54, 1.807) is 6.08 Å². The van der Waals surface area contributed by atoms with E-state index in [4.69, 9.17) is 3.07 Å². The number of alkyl halides is 4. The van der Waals surface area contributed by atoms with Crippen LogP contribution >= 0.6 is 20.2 Å². The van der Waals surface area contributed by atoms with Crippen LogP contribution in [0.4, 0.5) is 17.6 Å². The normalized spacial score (nSPS) is 12.8. The van der Waals surface area contributed by atoms with Gasteiger partial charge >= 0.3 is 121 Å². The Balaban J connectivity index is 2.81. The number of halogens is 5. The van der Waals surface area contributed by atoms with E-state index in [0.29, 0.717) is 10.5 Å². The maximum absolute atomic E-state index is 13.5. The summed E-state index contributed by atoms with van der Waals surface area (Å²) in [6, 6.07) is 2.34. The fourth-order valence-corrected chi connectivity index (χ4v) is 3.69. The van der Waals surface area contributed by atoms with Crippen molar-refractivity contribution in [2.45, 2.75) is 13.1 Å². The minimum atomic E-state index is -4.56. The SMILES string of the molecule is COI(C/C=C/c1ccc(C(F)(F)F)cc1F)C(C)=O. The van der Waals surface area contributed by atoms with Gasteiger partial charge in [-0.15, -0.1) is 0 Å². The van der Waals surface area contributed by atoms with Gasteiger partial charge in [0.1, 0.15) is 0 Å². The molecule has 0 aliphatic carbocycles. The van der Waals surface area contributed by atoms with E-state index in [2.05, 4.69) is 0 Å². The van der Waals surface area contributed by atoms with Crippen molar-refractivity contribution in [2.24, 2.45) is 0 Å². The van der Waals surface area contributed by atoms with Gasteiger partial charge in [-0.25, -0.2) is 0 Å². The average Bonchev–Trinajstić information content (AvgIpc) is 2.34. The zero-order valence-corrected chi connectivity index (χ0v) is 13.0. The first kappa shape index (κ1) is 17.1. The van der Waals surface area contributed by atoms with Gasteiger partial charge in [-0.1, -0.05) is 0 Å². The van der Waals surface area contributed by atoms with Crippen LogP contribution in [0.5, 0.6) is 0 Å². The van der Waals surface area contributed by atoms with Gasteiger partial charge in [0.25, 0.3) is 0 Å². The van der Waals surface area contributed by atoms with Crippen LogP contribution in [-0.2, 0) is 14.0 Å². The van der Waals surface area contributed by atoms with Crippen LogP contribution in [0.2, 0.25) is 0 Å². The Morgan fingerprint density at radius 1 is 1.40 bits per heavy atom. The molecule has 0 saturated heterocycles. The van der Waals surface area contributed by atoms with Gasteiger partial charge < -0.3 is 0 Å². The zero-order valence-electron chi connectivity index (χ0n) is 10.8. The first-order valence-corrected chi connectivity index (χ1v) is 8.98. The number of benzene rings is 1. The molecule has 0 amide bonds. The summed E-state index contributed by atoms with van der Waals surface area (Å²) in [7, 11) is 1.44. The molecule has 0 spiro atoms. The van der Waals surface area contributed by atoms with Gasteiger partial charge in [-0.05, 0) is 0 Å². The third kappa shape index (κ3) is 4.86. The van der Waals surface area contributed by atoms with Crippen molar-refractivity contribution in [3.8, 4) is 0 Å². The van der Waals surface area contributed by atoms with Crippen molar-refractivity contribution in [1.82, 2.24) is 0 Å². The summed E-state index contributed by atoms with van der Waals surface area (Å²) < 4.78 is 56.0. The molecule has 0 aliphatic rings. The molecule has 0 fully saturated rings. The summed E-state index contributed by atoms with van der Waals surface area (Å²) >= 11 is -2.18. The monoisotopic (exact) mass is 404 g/mol. The topological polar surface area (TPSA) is 26.3 Å². The van der Waals surface area contributed by atoms with Gasteiger partial charge in [0.2, 0.25) is 0 Å². The van der Waals surface area contributed by atoms with E-state index >= 15 is 0 Å². The molecule has 0 aliphatic heterocycles. The number of hydrogen-bond donors (Lipinski definition) is 0. The van der Waals surface area contributed by atoms with Crippen LogP contribution in [0.3, 0.4) is 0 Å². The zero-order chi connectivity index (χ0) is 15.3. The van der Waals surface area contributed by atoms with Gasteiger partial charge in [0.15, 0.2) is 0 Å². The Morgan fingerprint density at radius 3 is 2.50 bits per heavy atom. The molecule has 112 valence electrons. The second-order valence-electron chi connectivity index (χ2n) is 3.74. The van der Waals surface area contributed by atoms with Gasteiger partial charge in [-0.3, -0.25) is 0 Å². The molecule has 1 aromatic rings. The average molecular weight is 404 g/mol. The molecule has 0 aromatic heterocycles. The predicted octanol–water partition coefficient (Wildman–Crippen LogP) is 4.47. The van der Waals surface area contributed by atoms with E-state index in [0.717, 1.165) is 12.1 Å². The summed E-state index contributed by atoms with van der Waals surface area (Å²) in [5.41, 5.74) is -0.977. The van der Waals surface area contributed by atoms with Crippen LogP contribution in [0.25, 0.3) is 6.08 Å². The van der Waals surface area contributed by atoms with Gasteiger partial charge in [0, 0.05) is 0 Å². The van der Waals surface area contributed by atoms with Crippen molar-refractivity contribution in [3.63, 3.8) is 0 Å². The van der Waals surface area contributed by atoms with Crippen molar-refractivity contribution in [3.05, 3.63) is 41.2 Å². The fraction of sp³-hybridized carbons (Fsp3) is 0.308. The molecular formula is C13H13F4IO2. The molecule has 1 rings (SSSR count). The number of carbonyl (C=O) groups excluding carboxylic acids is 1. The summed E-state index contributed by atoms with van der Waals surface area (Å²) in [6.07, 6.45) is -1.64. The van der Waals surface area contributed by atoms with E-state index in [1.165, 1.54) is 20.1 Å². The molecule has 1 aromatic carbocycles. The molecule has 0 radical (unpaired) electrons. The Kier molecular flexibility index (Phi) is 6.12. The predicted molar refractivity (Wildman–Crippen MR) is 77.0 cm³/mol. The van der Waals surface area contributed by atoms with Crippen molar-refractivity contribution >= 4 is 30.1 Å². The molecule has 0 unspecified atom stereocenters. The van der Waals surface area contributed by atoms with E-state index in [9.17, 15) is 22.4 Å². The number of rotatable bonds is 5. The Hall–Kier alpha value is -0.960. The summed E-state index contributed by atoms with van der Waals surface area (Å²) in [5, 5.41) is 0. The number of carbonyl (C=O) groups is 1. The second-order valence-corrected chi connectivity index (χ2v) is 8.84. The van der Waals surface area contributed by atoms with Crippen LogP contribution < -0.4 is 0 Å². The first-order valence-electron chi connectivity index (χ1n) is 5.50. The summed E-state index contributed by atoms with van der Waals surface area (Å²) in [5.74, 6) is -0.948. The quantitative estimate of drug-likeness (QED) is 0.313. The molecule has 0 heterocycles. The van der Waals surface area contributed by atoms with E-state index < -0.39 is 37.8 Å². The first-order chi connectivity index (χ1) is 9.25. The second kappa shape index (κ2) is 7.16. The van der Waals surface area contributed by atoms with Crippen molar-refractivity contribution < 1.29 is 25.4 Å². The standard InChI is InChI=1S/C13H13F4IO2/c1-9(19)18(20-2)7-3-4-10-5-6-11(8-12(10)14)13(15,16)17/h3-6,8H,7H2,1-2H3/b4-3+. The molecule has 0 N–H and O–H groups in total. The molecule has 0 atom stereocenters. The van der Waals surface area contributed by atoms with Crippen molar-refractivity contribution in [2.75, 3.05) is 11.5 Å². The molecular weight excluding hydrogens is 391 g/mol. The Labute approximate surface area is 121 Å². The van der Waals surface area contributed by atoms with E-state index in [1.807, 2.05) is 0 Å². The van der Waals surface area contributed by atoms with Gasteiger partial charge in [-0.2, -0.15) is 0 Å². The number of hydrogen-bond acceptors (Lipinski definition) is 2. The summed E-state index contributed by atoms with van der Waals surface area (Å²) in [4.78, 5) is 11.2. The van der Waals surface area contributed by atoms with E-state index in [-0.39, 0.29) is 9.35 Å².